The van der Waals surface area contributed by atoms with Crippen LogP contribution in [0.4, 0.5) is 0 Å². The number of nitrogens with zero attached hydrogens (tertiary/aromatic N) is 1. The van der Waals surface area contributed by atoms with Crippen LogP contribution < -0.4 is 4.74 Å². The smallest absolute Gasteiger partial charge is 0.363 e. The van der Waals surface area contributed by atoms with Crippen molar-refractivity contribution in [2.24, 2.45) is 4.99 Å². The summed E-state index contributed by atoms with van der Waals surface area (Å²) < 4.78 is 12.3. The Morgan fingerprint density at radius 3 is 2.48 bits per heavy atom. The first kappa shape index (κ1) is 19.2. The molecule has 0 aromatic heterocycles. The molecule has 144 valence electrons. The van der Waals surface area contributed by atoms with Gasteiger partial charge in [0.1, 0.15) is 12.4 Å². The molecule has 0 aliphatic carbocycles. The number of carbonyl (C=O) groups is 1. The molecular formula is C24H18BrNO3. The summed E-state index contributed by atoms with van der Waals surface area (Å²) in [7, 11) is 0. The zero-order valence-electron chi connectivity index (χ0n) is 15.8. The summed E-state index contributed by atoms with van der Waals surface area (Å²) in [6.07, 6.45) is 1.69. The number of hydrogen-bond acceptors (Lipinski definition) is 4. The minimum Gasteiger partial charge on any atom is -0.488 e. The van der Waals surface area contributed by atoms with Crippen LogP contribution in [0.15, 0.2) is 88.0 Å². The molecule has 4 rings (SSSR count). The van der Waals surface area contributed by atoms with Crippen molar-refractivity contribution in [3.05, 3.63) is 105 Å². The largest absolute Gasteiger partial charge is 0.488 e. The Morgan fingerprint density at radius 1 is 1.00 bits per heavy atom. The normalized spacial score (nSPS) is 14.6. The SMILES string of the molecule is Cc1ccc(C2=N/C(=C\c3ccccc3OCc3ccc(Br)cc3)C(=O)O2)cc1. The number of aliphatic imine (C=N–C) groups is 1. The standard InChI is InChI=1S/C24H18BrNO3/c1-16-6-10-18(11-7-16)23-26-21(24(27)29-23)14-19-4-2-3-5-22(19)28-15-17-8-12-20(25)13-9-17/h2-14H,15H2,1H3/b21-14-. The van der Waals surface area contributed by atoms with Gasteiger partial charge in [0.05, 0.1) is 0 Å². The molecule has 3 aromatic rings. The van der Waals surface area contributed by atoms with Crippen molar-refractivity contribution in [2.45, 2.75) is 13.5 Å². The van der Waals surface area contributed by atoms with Gasteiger partial charge < -0.3 is 9.47 Å². The van der Waals surface area contributed by atoms with Gasteiger partial charge in [-0.2, -0.15) is 0 Å². The lowest BCUT2D eigenvalue weighted by Gasteiger charge is -2.09. The number of para-hydroxylation sites is 1. The maximum atomic E-state index is 12.3. The predicted octanol–water partition coefficient (Wildman–Crippen LogP) is 5.68. The Hall–Kier alpha value is -3.18. The van der Waals surface area contributed by atoms with E-state index in [0.717, 1.165) is 26.7 Å². The summed E-state index contributed by atoms with van der Waals surface area (Å²) >= 11 is 3.43. The van der Waals surface area contributed by atoms with Crippen LogP contribution in [0.25, 0.3) is 6.08 Å². The molecule has 1 aliphatic heterocycles. The van der Waals surface area contributed by atoms with E-state index in [1.807, 2.05) is 79.7 Å². The second kappa shape index (κ2) is 8.45. The van der Waals surface area contributed by atoms with Gasteiger partial charge in [0, 0.05) is 15.6 Å². The number of esters is 1. The summed E-state index contributed by atoms with van der Waals surface area (Å²) in [4.78, 5) is 16.7. The van der Waals surface area contributed by atoms with Gasteiger partial charge >= 0.3 is 5.97 Å². The first-order chi connectivity index (χ1) is 14.1. The van der Waals surface area contributed by atoms with Crippen molar-refractivity contribution in [1.29, 1.82) is 0 Å². The summed E-state index contributed by atoms with van der Waals surface area (Å²) in [5.74, 6) is 0.521. The molecule has 0 N–H and O–H groups in total. The first-order valence-corrected chi connectivity index (χ1v) is 9.94. The van der Waals surface area contributed by atoms with E-state index >= 15 is 0 Å². The lowest BCUT2D eigenvalue weighted by molar-refractivity contribution is -0.129. The van der Waals surface area contributed by atoms with E-state index in [1.165, 1.54) is 0 Å². The van der Waals surface area contributed by atoms with Crippen LogP contribution in [0.5, 0.6) is 5.75 Å². The molecule has 0 unspecified atom stereocenters. The lowest BCUT2D eigenvalue weighted by Crippen LogP contribution is -2.05. The van der Waals surface area contributed by atoms with Crippen LogP contribution in [0.3, 0.4) is 0 Å². The minimum atomic E-state index is -0.469. The molecule has 0 saturated carbocycles. The molecule has 0 bridgehead atoms. The number of hydrogen-bond donors (Lipinski definition) is 0. The van der Waals surface area contributed by atoms with Crippen LogP contribution in [0, 0.1) is 6.92 Å². The monoisotopic (exact) mass is 447 g/mol. The molecule has 1 aliphatic rings. The van der Waals surface area contributed by atoms with E-state index in [-0.39, 0.29) is 5.70 Å². The minimum absolute atomic E-state index is 0.250. The van der Waals surface area contributed by atoms with E-state index in [9.17, 15) is 4.79 Å². The van der Waals surface area contributed by atoms with E-state index in [2.05, 4.69) is 20.9 Å². The van der Waals surface area contributed by atoms with Gasteiger partial charge in [-0.1, -0.05) is 64.0 Å². The fourth-order valence-electron chi connectivity index (χ4n) is 2.85. The molecule has 0 spiro atoms. The molecule has 0 saturated heterocycles. The second-order valence-corrected chi connectivity index (χ2v) is 7.57. The van der Waals surface area contributed by atoms with Gasteiger partial charge in [-0.25, -0.2) is 9.79 Å². The summed E-state index contributed by atoms with van der Waals surface area (Å²) in [5.41, 5.74) is 3.97. The van der Waals surface area contributed by atoms with Crippen LogP contribution in [0.1, 0.15) is 22.3 Å². The molecule has 5 heteroatoms. The third kappa shape index (κ3) is 4.63. The van der Waals surface area contributed by atoms with Crippen molar-refractivity contribution in [3.63, 3.8) is 0 Å². The van der Waals surface area contributed by atoms with Crippen molar-refractivity contribution in [2.75, 3.05) is 0 Å². The lowest BCUT2D eigenvalue weighted by atomic mass is 10.1. The van der Waals surface area contributed by atoms with E-state index in [0.29, 0.717) is 18.3 Å². The molecule has 0 atom stereocenters. The Bertz CT molecular complexity index is 1100. The highest BCUT2D eigenvalue weighted by molar-refractivity contribution is 9.10. The number of halogens is 1. The Kier molecular flexibility index (Phi) is 5.58. The molecule has 4 nitrogen and oxygen atoms in total. The molecule has 0 radical (unpaired) electrons. The van der Waals surface area contributed by atoms with Gasteiger partial charge in [-0.15, -0.1) is 0 Å². The van der Waals surface area contributed by atoms with Crippen LogP contribution in [-0.2, 0) is 16.1 Å². The Labute approximate surface area is 177 Å². The van der Waals surface area contributed by atoms with Gasteiger partial charge in [-0.3, -0.25) is 0 Å². The average Bonchev–Trinajstić information content (AvgIpc) is 3.09. The quantitative estimate of drug-likeness (QED) is 0.373. The number of aryl methyl sites for hydroxylation is 1. The number of cyclic esters (lactones) is 1. The molecule has 1 heterocycles. The zero-order chi connectivity index (χ0) is 20.2. The van der Waals surface area contributed by atoms with Crippen LogP contribution in [-0.4, -0.2) is 11.9 Å². The van der Waals surface area contributed by atoms with Gasteiger partial charge in [0.2, 0.25) is 5.90 Å². The molecule has 0 fully saturated rings. The Balaban J connectivity index is 1.56. The first-order valence-electron chi connectivity index (χ1n) is 9.14. The number of carbonyl (C=O) groups excluding carboxylic acids is 1. The summed E-state index contributed by atoms with van der Waals surface area (Å²) in [5, 5.41) is 0. The number of rotatable bonds is 5. The van der Waals surface area contributed by atoms with Gasteiger partial charge in [0.25, 0.3) is 0 Å². The highest BCUT2D eigenvalue weighted by Crippen LogP contribution is 2.25. The number of benzene rings is 3. The topological polar surface area (TPSA) is 47.9 Å². The van der Waals surface area contributed by atoms with E-state index < -0.39 is 5.97 Å². The van der Waals surface area contributed by atoms with Crippen molar-refractivity contribution < 1.29 is 14.3 Å². The molecule has 0 amide bonds. The predicted molar refractivity (Wildman–Crippen MR) is 117 cm³/mol. The van der Waals surface area contributed by atoms with Crippen molar-refractivity contribution in [3.8, 4) is 5.75 Å². The Morgan fingerprint density at radius 2 is 1.72 bits per heavy atom. The van der Waals surface area contributed by atoms with Crippen LogP contribution >= 0.6 is 15.9 Å². The zero-order valence-corrected chi connectivity index (χ0v) is 17.3. The highest BCUT2D eigenvalue weighted by Gasteiger charge is 2.24. The fourth-order valence-corrected chi connectivity index (χ4v) is 3.11. The van der Waals surface area contributed by atoms with E-state index in [4.69, 9.17) is 9.47 Å². The highest BCUT2D eigenvalue weighted by atomic mass is 79.9. The van der Waals surface area contributed by atoms with E-state index in [1.54, 1.807) is 6.08 Å². The maximum absolute atomic E-state index is 12.3. The van der Waals surface area contributed by atoms with Crippen LogP contribution in [0.2, 0.25) is 0 Å². The summed E-state index contributed by atoms with van der Waals surface area (Å²) in [6, 6.07) is 23.2. The fraction of sp³-hybridized carbons (Fsp3) is 0.0833. The molecule has 3 aromatic carbocycles. The van der Waals surface area contributed by atoms with Gasteiger partial charge in [-0.05, 0) is 48.9 Å². The number of ether oxygens (including phenoxy) is 2. The van der Waals surface area contributed by atoms with Crippen molar-refractivity contribution >= 4 is 33.9 Å². The average molecular weight is 448 g/mol. The maximum Gasteiger partial charge on any atom is 0.363 e. The second-order valence-electron chi connectivity index (χ2n) is 6.66. The van der Waals surface area contributed by atoms with Crippen molar-refractivity contribution in [1.82, 2.24) is 0 Å². The molecule has 29 heavy (non-hydrogen) atoms. The third-order valence-electron chi connectivity index (χ3n) is 4.44. The third-order valence-corrected chi connectivity index (χ3v) is 4.97. The summed E-state index contributed by atoms with van der Waals surface area (Å²) in [6.45, 7) is 2.43. The van der Waals surface area contributed by atoms with Gasteiger partial charge in [0.15, 0.2) is 5.70 Å². The molecular weight excluding hydrogens is 430 g/mol.